The van der Waals surface area contributed by atoms with E-state index in [-0.39, 0.29) is 22.7 Å². The maximum Gasteiger partial charge on any atom is 0.294 e. The van der Waals surface area contributed by atoms with Crippen LogP contribution in [0, 0.1) is 0 Å². The van der Waals surface area contributed by atoms with Crippen molar-refractivity contribution in [2.75, 3.05) is 0 Å². The highest BCUT2D eigenvalue weighted by molar-refractivity contribution is 7.85. The van der Waals surface area contributed by atoms with Crippen molar-refractivity contribution in [1.29, 1.82) is 0 Å². The topological polar surface area (TPSA) is 100 Å². The lowest BCUT2D eigenvalue weighted by molar-refractivity contribution is 0.483. The van der Waals surface area contributed by atoms with Gasteiger partial charge in [0.05, 0.1) is 22.1 Å². The summed E-state index contributed by atoms with van der Waals surface area (Å²) in [6.45, 7) is 0. The number of aromatic nitrogens is 2. The van der Waals surface area contributed by atoms with Crippen LogP contribution in [0.2, 0.25) is 0 Å². The van der Waals surface area contributed by atoms with E-state index in [1.165, 1.54) is 18.5 Å². The van der Waals surface area contributed by atoms with Gasteiger partial charge < -0.3 is 4.98 Å². The summed E-state index contributed by atoms with van der Waals surface area (Å²) in [6, 6.07) is 3.62. The molecule has 0 saturated heterocycles. The number of rotatable bonds is 1. The van der Waals surface area contributed by atoms with Gasteiger partial charge in [0.2, 0.25) is 0 Å². The van der Waals surface area contributed by atoms with Gasteiger partial charge in [0.15, 0.2) is 0 Å². The van der Waals surface area contributed by atoms with Crippen LogP contribution >= 0.6 is 12.4 Å². The summed E-state index contributed by atoms with van der Waals surface area (Å²) in [4.78, 5) is 17.1. The van der Waals surface area contributed by atoms with E-state index in [2.05, 4.69) is 9.97 Å². The van der Waals surface area contributed by atoms with Gasteiger partial charge in [0, 0.05) is 0 Å². The first-order valence-corrected chi connectivity index (χ1v) is 5.37. The first kappa shape index (κ1) is 12.6. The van der Waals surface area contributed by atoms with E-state index in [1.54, 1.807) is 0 Å². The molecule has 0 aliphatic carbocycles. The number of halogens is 1. The smallest absolute Gasteiger partial charge is 0.294 e. The minimum Gasteiger partial charge on any atom is -0.313 e. The Hall–Kier alpha value is -1.44. The number of hydrogen-bond donors (Lipinski definition) is 2. The van der Waals surface area contributed by atoms with Gasteiger partial charge in [-0.3, -0.25) is 9.35 Å². The van der Waals surface area contributed by atoms with Gasteiger partial charge >= 0.3 is 0 Å². The molecule has 0 radical (unpaired) electrons. The largest absolute Gasteiger partial charge is 0.313 e. The van der Waals surface area contributed by atoms with Crippen molar-refractivity contribution in [3.8, 4) is 0 Å². The standard InChI is InChI=1S/C8H6N2O4S.ClH/c11-8-6-3-5(15(12,13)14)1-2-7(6)9-4-10-8;/h1-4H,(H,9,10,11)(H,12,13,14);1H. The lowest BCUT2D eigenvalue weighted by Crippen LogP contribution is -2.07. The highest BCUT2D eigenvalue weighted by Gasteiger charge is 2.11. The van der Waals surface area contributed by atoms with Crippen LogP contribution in [-0.2, 0) is 10.1 Å². The number of nitrogens with zero attached hydrogens (tertiary/aromatic N) is 1. The molecule has 0 atom stereocenters. The lowest BCUT2D eigenvalue weighted by Gasteiger charge is -1.98. The highest BCUT2D eigenvalue weighted by atomic mass is 35.5. The predicted octanol–water partition coefficient (Wildman–Crippen LogP) is 0.592. The molecule has 2 rings (SSSR count). The molecule has 0 aliphatic heterocycles. The number of nitrogens with one attached hydrogen (secondary N) is 1. The van der Waals surface area contributed by atoms with Crippen LogP contribution in [0.5, 0.6) is 0 Å². The Morgan fingerprint density at radius 2 is 2.00 bits per heavy atom. The normalized spacial score (nSPS) is 11.1. The van der Waals surface area contributed by atoms with Crippen LogP contribution in [0.4, 0.5) is 0 Å². The molecule has 0 saturated carbocycles. The average Bonchev–Trinajstić information content (AvgIpc) is 2.16. The first-order chi connectivity index (χ1) is 6.98. The third-order valence-corrected chi connectivity index (χ3v) is 2.76. The second-order valence-corrected chi connectivity index (χ2v) is 4.31. The second-order valence-electron chi connectivity index (χ2n) is 2.89. The molecular formula is C8H7ClN2O4S. The van der Waals surface area contributed by atoms with Crippen LogP contribution in [0.25, 0.3) is 10.9 Å². The quantitative estimate of drug-likeness (QED) is 0.733. The third kappa shape index (κ3) is 2.21. The molecule has 8 heteroatoms. The van der Waals surface area contributed by atoms with Crippen LogP contribution in [0.1, 0.15) is 0 Å². The SMILES string of the molecule is Cl.O=c1[nH]cnc2ccc(S(=O)(=O)O)cc12. The molecule has 2 aromatic rings. The fourth-order valence-corrected chi connectivity index (χ4v) is 1.72. The fourth-order valence-electron chi connectivity index (χ4n) is 1.21. The zero-order valence-corrected chi connectivity index (χ0v) is 9.38. The summed E-state index contributed by atoms with van der Waals surface area (Å²) < 4.78 is 30.4. The van der Waals surface area contributed by atoms with Gasteiger partial charge in [0.1, 0.15) is 0 Å². The molecular weight excluding hydrogens is 256 g/mol. The Morgan fingerprint density at radius 1 is 1.31 bits per heavy atom. The zero-order chi connectivity index (χ0) is 11.1. The summed E-state index contributed by atoms with van der Waals surface area (Å²) in [5, 5.41) is 0.118. The number of hydrogen-bond acceptors (Lipinski definition) is 4. The zero-order valence-electron chi connectivity index (χ0n) is 7.75. The minimum absolute atomic E-state index is 0. The molecule has 0 amide bonds. The van der Waals surface area contributed by atoms with Crippen molar-refractivity contribution in [2.45, 2.75) is 4.90 Å². The molecule has 1 heterocycles. The van der Waals surface area contributed by atoms with Crippen molar-refractivity contribution in [2.24, 2.45) is 0 Å². The summed E-state index contributed by atoms with van der Waals surface area (Å²) in [5.74, 6) is 0. The van der Waals surface area contributed by atoms with Gasteiger partial charge in [-0.25, -0.2) is 4.98 Å². The van der Waals surface area contributed by atoms with Gasteiger partial charge in [-0.15, -0.1) is 12.4 Å². The van der Waals surface area contributed by atoms with E-state index < -0.39 is 15.7 Å². The second kappa shape index (κ2) is 4.20. The van der Waals surface area contributed by atoms with E-state index in [1.807, 2.05) is 0 Å². The predicted molar refractivity (Wildman–Crippen MR) is 59.4 cm³/mol. The molecule has 6 nitrogen and oxygen atoms in total. The molecule has 86 valence electrons. The van der Waals surface area contributed by atoms with Crippen LogP contribution in [0.3, 0.4) is 0 Å². The third-order valence-electron chi connectivity index (χ3n) is 1.91. The van der Waals surface area contributed by atoms with Crippen molar-refractivity contribution in [3.05, 3.63) is 34.9 Å². The molecule has 0 unspecified atom stereocenters. The fraction of sp³-hybridized carbons (Fsp3) is 0. The number of aromatic amines is 1. The number of H-pyrrole nitrogens is 1. The van der Waals surface area contributed by atoms with Crippen molar-refractivity contribution in [1.82, 2.24) is 9.97 Å². The highest BCUT2D eigenvalue weighted by Crippen LogP contribution is 2.13. The molecule has 16 heavy (non-hydrogen) atoms. The van der Waals surface area contributed by atoms with E-state index in [9.17, 15) is 13.2 Å². The Balaban J connectivity index is 0.00000128. The number of benzene rings is 1. The molecule has 1 aromatic carbocycles. The maximum absolute atomic E-state index is 11.3. The Bertz CT molecular complexity index is 680. The average molecular weight is 263 g/mol. The Kier molecular flexibility index (Phi) is 3.32. The first-order valence-electron chi connectivity index (χ1n) is 3.93. The van der Waals surface area contributed by atoms with Gasteiger partial charge in [-0.05, 0) is 18.2 Å². The van der Waals surface area contributed by atoms with Crippen molar-refractivity contribution in [3.63, 3.8) is 0 Å². The monoisotopic (exact) mass is 262 g/mol. The van der Waals surface area contributed by atoms with E-state index in [0.29, 0.717) is 5.52 Å². The van der Waals surface area contributed by atoms with E-state index in [4.69, 9.17) is 4.55 Å². The maximum atomic E-state index is 11.3. The molecule has 0 bridgehead atoms. The Labute approximate surface area is 96.5 Å². The molecule has 0 fully saturated rings. The lowest BCUT2D eigenvalue weighted by atomic mass is 10.2. The summed E-state index contributed by atoms with van der Waals surface area (Å²) >= 11 is 0. The minimum atomic E-state index is -4.29. The molecule has 0 spiro atoms. The Morgan fingerprint density at radius 3 is 2.62 bits per heavy atom. The van der Waals surface area contributed by atoms with Crippen LogP contribution in [0.15, 0.2) is 34.2 Å². The number of fused-ring (bicyclic) bond motifs is 1. The van der Waals surface area contributed by atoms with Gasteiger partial charge in [-0.1, -0.05) is 0 Å². The summed E-state index contributed by atoms with van der Waals surface area (Å²) in [6.07, 6.45) is 1.22. The summed E-state index contributed by atoms with van der Waals surface area (Å²) in [7, 11) is -4.29. The van der Waals surface area contributed by atoms with Crippen molar-refractivity contribution >= 4 is 33.4 Å². The van der Waals surface area contributed by atoms with E-state index >= 15 is 0 Å². The van der Waals surface area contributed by atoms with Crippen molar-refractivity contribution < 1.29 is 13.0 Å². The molecule has 0 aliphatic rings. The van der Waals surface area contributed by atoms with Gasteiger partial charge in [-0.2, -0.15) is 8.42 Å². The molecule has 2 N–H and O–H groups in total. The van der Waals surface area contributed by atoms with E-state index in [0.717, 1.165) is 6.07 Å². The van der Waals surface area contributed by atoms with Crippen LogP contribution < -0.4 is 5.56 Å². The van der Waals surface area contributed by atoms with Crippen LogP contribution in [-0.4, -0.2) is 22.9 Å². The summed E-state index contributed by atoms with van der Waals surface area (Å²) in [5.41, 5.74) is -0.0864. The molecule has 1 aromatic heterocycles. The van der Waals surface area contributed by atoms with Gasteiger partial charge in [0.25, 0.3) is 15.7 Å².